The summed E-state index contributed by atoms with van der Waals surface area (Å²) in [6.45, 7) is 1.11. The van der Waals surface area contributed by atoms with Gasteiger partial charge in [0, 0.05) is 25.0 Å². The van der Waals surface area contributed by atoms with Gasteiger partial charge in [0.15, 0.2) is 0 Å². The third-order valence-corrected chi connectivity index (χ3v) is 4.20. The molecule has 0 unspecified atom stereocenters. The first kappa shape index (κ1) is 15.9. The molecule has 1 fully saturated rings. The van der Waals surface area contributed by atoms with Gasteiger partial charge in [-0.2, -0.15) is 13.2 Å². The smallest absolute Gasteiger partial charge is 0.353 e. The molecular formula is C14H13F3N4OS. The number of nitrogens with one attached hydrogen (secondary N) is 1. The first-order valence-electron chi connectivity index (χ1n) is 6.90. The summed E-state index contributed by atoms with van der Waals surface area (Å²) in [4.78, 5) is 14.0. The minimum atomic E-state index is -4.51. The van der Waals surface area contributed by atoms with Crippen LogP contribution in [0.2, 0.25) is 0 Å². The maximum atomic E-state index is 13.3. The molecule has 0 bridgehead atoms. The van der Waals surface area contributed by atoms with Crippen molar-refractivity contribution in [1.29, 1.82) is 0 Å². The van der Waals surface area contributed by atoms with Crippen LogP contribution < -0.4 is 5.32 Å². The highest BCUT2D eigenvalue weighted by molar-refractivity contribution is 7.03. The number of hydrogen-bond acceptors (Lipinski definition) is 5. The second kappa shape index (κ2) is 6.25. The number of carbonyl (C=O) groups is 1. The predicted molar refractivity (Wildman–Crippen MR) is 77.5 cm³/mol. The minimum absolute atomic E-state index is 0.0413. The van der Waals surface area contributed by atoms with Gasteiger partial charge in [0.05, 0.1) is 11.3 Å². The summed E-state index contributed by atoms with van der Waals surface area (Å²) >= 11 is 1.17. The van der Waals surface area contributed by atoms with Crippen LogP contribution in [0.1, 0.15) is 22.9 Å². The molecular weight excluding hydrogens is 329 g/mol. The van der Waals surface area contributed by atoms with Crippen LogP contribution in [0.25, 0.3) is 0 Å². The number of halogens is 3. The molecule has 1 aliphatic heterocycles. The van der Waals surface area contributed by atoms with Gasteiger partial charge in [-0.15, -0.1) is 5.10 Å². The number of rotatable bonds is 3. The Morgan fingerprint density at radius 3 is 2.83 bits per heavy atom. The van der Waals surface area contributed by atoms with E-state index in [4.69, 9.17) is 0 Å². The zero-order chi connectivity index (χ0) is 16.4. The monoisotopic (exact) mass is 342 g/mol. The second-order valence-corrected chi connectivity index (χ2v) is 5.76. The van der Waals surface area contributed by atoms with Crippen molar-refractivity contribution in [3.05, 3.63) is 46.5 Å². The Kier molecular flexibility index (Phi) is 4.31. The van der Waals surface area contributed by atoms with Crippen LogP contribution in [0.3, 0.4) is 0 Å². The van der Waals surface area contributed by atoms with Gasteiger partial charge in [-0.05, 0) is 23.2 Å². The van der Waals surface area contributed by atoms with Crippen LogP contribution in [0, 0.1) is 0 Å². The van der Waals surface area contributed by atoms with E-state index in [1.54, 1.807) is 10.3 Å². The van der Waals surface area contributed by atoms with Gasteiger partial charge in [0.25, 0.3) is 0 Å². The SMILES string of the molecule is O=C1NCCN(Cc2csnn2)[C@@H]1c1ccccc1C(F)(F)F. The molecule has 1 aromatic carbocycles. The van der Waals surface area contributed by atoms with Gasteiger partial charge >= 0.3 is 6.18 Å². The van der Waals surface area contributed by atoms with Crippen LogP contribution in [0.15, 0.2) is 29.6 Å². The summed E-state index contributed by atoms with van der Waals surface area (Å²) < 4.78 is 43.5. The Bertz CT molecular complexity index is 690. The topological polar surface area (TPSA) is 58.1 Å². The minimum Gasteiger partial charge on any atom is -0.353 e. The largest absolute Gasteiger partial charge is 0.416 e. The molecule has 2 heterocycles. The number of nitrogens with zero attached hydrogens (tertiary/aromatic N) is 3. The third-order valence-electron chi connectivity index (χ3n) is 3.64. The fourth-order valence-corrected chi connectivity index (χ4v) is 3.12. The summed E-state index contributed by atoms with van der Waals surface area (Å²) in [5.41, 5.74) is -0.192. The Morgan fingerprint density at radius 2 is 2.13 bits per heavy atom. The lowest BCUT2D eigenvalue weighted by Gasteiger charge is -2.35. The van der Waals surface area contributed by atoms with Gasteiger partial charge in [-0.25, -0.2) is 0 Å². The molecule has 0 saturated carbocycles. The molecule has 23 heavy (non-hydrogen) atoms. The number of alkyl halides is 3. The lowest BCUT2D eigenvalue weighted by molar-refractivity contribution is -0.140. The van der Waals surface area contributed by atoms with Crippen LogP contribution in [-0.4, -0.2) is 33.5 Å². The van der Waals surface area contributed by atoms with Crippen LogP contribution in [-0.2, 0) is 17.5 Å². The molecule has 122 valence electrons. The summed E-state index contributed by atoms with van der Waals surface area (Å²) in [5, 5.41) is 8.27. The molecule has 1 atom stereocenters. The Morgan fingerprint density at radius 1 is 1.35 bits per heavy atom. The quantitative estimate of drug-likeness (QED) is 0.929. The number of amides is 1. The molecule has 1 amide bonds. The standard InChI is InChI=1S/C14H13F3N4OS/c15-14(16,17)11-4-2-1-3-10(11)12-13(22)18-5-6-21(12)7-9-8-23-20-19-9/h1-4,8,12H,5-7H2,(H,18,22)/t12-/m1/s1. The normalized spacial score (nSPS) is 19.6. The number of benzene rings is 1. The van der Waals surface area contributed by atoms with E-state index in [0.717, 1.165) is 6.07 Å². The zero-order valence-corrected chi connectivity index (χ0v) is 12.7. The number of aromatic nitrogens is 2. The Labute approximate surface area is 134 Å². The Balaban J connectivity index is 1.98. The predicted octanol–water partition coefficient (Wildman–Crippen LogP) is 2.23. The molecule has 3 rings (SSSR count). The number of carbonyl (C=O) groups excluding carboxylic acids is 1. The van der Waals surface area contributed by atoms with Gasteiger partial charge in [0.2, 0.25) is 5.91 Å². The van der Waals surface area contributed by atoms with Crippen molar-refractivity contribution in [2.24, 2.45) is 0 Å². The lowest BCUT2D eigenvalue weighted by Crippen LogP contribution is -2.50. The van der Waals surface area contributed by atoms with E-state index in [9.17, 15) is 18.0 Å². The maximum Gasteiger partial charge on any atom is 0.416 e. The van der Waals surface area contributed by atoms with E-state index in [1.165, 1.54) is 29.7 Å². The van der Waals surface area contributed by atoms with Crippen molar-refractivity contribution in [3.8, 4) is 0 Å². The second-order valence-electron chi connectivity index (χ2n) is 5.15. The summed E-state index contributed by atoms with van der Waals surface area (Å²) in [6, 6.07) is 4.18. The van der Waals surface area contributed by atoms with E-state index in [2.05, 4.69) is 14.9 Å². The lowest BCUT2D eigenvalue weighted by atomic mass is 9.96. The first-order chi connectivity index (χ1) is 11.0. The fourth-order valence-electron chi connectivity index (χ4n) is 2.68. The highest BCUT2D eigenvalue weighted by atomic mass is 32.1. The van der Waals surface area contributed by atoms with Crippen LogP contribution in [0.4, 0.5) is 13.2 Å². The van der Waals surface area contributed by atoms with E-state index in [1.807, 2.05) is 0 Å². The first-order valence-corrected chi connectivity index (χ1v) is 7.74. The highest BCUT2D eigenvalue weighted by Crippen LogP contribution is 2.37. The molecule has 5 nitrogen and oxygen atoms in total. The molecule has 1 aliphatic rings. The highest BCUT2D eigenvalue weighted by Gasteiger charge is 2.40. The molecule has 1 aromatic heterocycles. The van der Waals surface area contributed by atoms with Crippen LogP contribution in [0.5, 0.6) is 0 Å². The molecule has 1 saturated heterocycles. The molecule has 2 aromatic rings. The third kappa shape index (κ3) is 3.35. The molecule has 0 radical (unpaired) electrons. The van der Waals surface area contributed by atoms with Gasteiger partial charge in [0.1, 0.15) is 6.04 Å². The van der Waals surface area contributed by atoms with Gasteiger partial charge < -0.3 is 5.32 Å². The van der Waals surface area contributed by atoms with Crippen molar-refractivity contribution in [2.75, 3.05) is 13.1 Å². The summed E-state index contributed by atoms with van der Waals surface area (Å²) in [6.07, 6.45) is -4.51. The summed E-state index contributed by atoms with van der Waals surface area (Å²) in [5.74, 6) is -0.434. The number of piperazine rings is 1. The molecule has 0 aliphatic carbocycles. The fraction of sp³-hybridized carbons (Fsp3) is 0.357. The maximum absolute atomic E-state index is 13.3. The van der Waals surface area contributed by atoms with E-state index in [-0.39, 0.29) is 12.1 Å². The van der Waals surface area contributed by atoms with Gasteiger partial charge in [-0.3, -0.25) is 9.69 Å². The van der Waals surface area contributed by atoms with Crippen molar-refractivity contribution in [1.82, 2.24) is 19.8 Å². The Hall–Kier alpha value is -2.00. The van der Waals surface area contributed by atoms with Crippen LogP contribution >= 0.6 is 11.5 Å². The van der Waals surface area contributed by atoms with Crippen molar-refractivity contribution >= 4 is 17.4 Å². The molecule has 9 heteroatoms. The average molecular weight is 342 g/mol. The average Bonchev–Trinajstić information content (AvgIpc) is 3.00. The van der Waals surface area contributed by atoms with E-state index < -0.39 is 23.7 Å². The number of hydrogen-bond donors (Lipinski definition) is 1. The summed E-state index contributed by atoms with van der Waals surface area (Å²) in [7, 11) is 0. The van der Waals surface area contributed by atoms with Crippen molar-refractivity contribution in [2.45, 2.75) is 18.8 Å². The van der Waals surface area contributed by atoms with Crippen molar-refractivity contribution in [3.63, 3.8) is 0 Å². The van der Waals surface area contributed by atoms with Gasteiger partial charge in [-0.1, -0.05) is 22.7 Å². The van der Waals surface area contributed by atoms with E-state index in [0.29, 0.717) is 18.8 Å². The zero-order valence-electron chi connectivity index (χ0n) is 11.9. The van der Waals surface area contributed by atoms with Crippen molar-refractivity contribution < 1.29 is 18.0 Å². The van der Waals surface area contributed by atoms with E-state index >= 15 is 0 Å². The molecule has 0 spiro atoms. The molecule has 1 N–H and O–H groups in total.